The Morgan fingerprint density at radius 2 is 0.896 bits per heavy atom. The largest absolute Gasteiger partial charge is 1.00 e. The van der Waals surface area contributed by atoms with Crippen molar-refractivity contribution in [3.05, 3.63) is 169 Å². The Morgan fingerprint density at radius 3 is 1.35 bits per heavy atom. The van der Waals surface area contributed by atoms with Crippen molar-refractivity contribution in [2.75, 3.05) is 21.3 Å². The topological polar surface area (TPSA) is 277 Å². The third-order valence-corrected chi connectivity index (χ3v) is 22.8. The number of ketones is 8. The first kappa shape index (κ1) is 79.8. The van der Waals surface area contributed by atoms with Crippen LogP contribution in [-0.2, 0) is 75.1 Å². The van der Waals surface area contributed by atoms with Gasteiger partial charge in [-0.1, -0.05) is 145 Å². The van der Waals surface area contributed by atoms with Crippen LogP contribution in [-0.4, -0.2) is 96.5 Å². The van der Waals surface area contributed by atoms with E-state index < -0.39 is 34.1 Å². The fraction of sp³-hybridized carbons (Fsp3) is 0.446. The number of rotatable bonds is 5. The van der Waals surface area contributed by atoms with Gasteiger partial charge in [0, 0.05) is 102 Å². The summed E-state index contributed by atoms with van der Waals surface area (Å²) in [4.78, 5) is 135. The first-order valence-electron chi connectivity index (χ1n) is 31.3. The number of carbonyl (C=O) groups excluding carboxylic acids is 11. The second kappa shape index (κ2) is 32.0. The van der Waals surface area contributed by atoms with Crippen LogP contribution in [0.1, 0.15) is 173 Å². The summed E-state index contributed by atoms with van der Waals surface area (Å²) in [6, 6.07) is 29.0. The zero-order valence-corrected chi connectivity index (χ0v) is 63.4. The van der Waals surface area contributed by atoms with Crippen molar-refractivity contribution in [1.29, 1.82) is 0 Å². The number of carbonyl (C=O) groups is 11. The molecule has 0 radical (unpaired) electrons. The summed E-state index contributed by atoms with van der Waals surface area (Å²) in [6.07, 6.45) is 7.76. The molecule has 0 amide bonds. The van der Waals surface area contributed by atoms with Crippen LogP contribution in [0.3, 0.4) is 0 Å². The second-order valence-corrected chi connectivity index (χ2v) is 31.7. The molecular weight excluding hydrogens is 1550 g/mol. The van der Waals surface area contributed by atoms with E-state index in [0.717, 1.165) is 80.6 Å². The minimum Gasteiger partial charge on any atom is -0.870 e. The minimum absolute atomic E-state index is 0. The first-order chi connectivity index (χ1) is 43.8. The summed E-state index contributed by atoms with van der Waals surface area (Å²) in [5.74, 6) is -2.26. The van der Waals surface area contributed by atoms with Crippen LogP contribution in [0.5, 0.6) is 0 Å². The van der Waals surface area contributed by atoms with E-state index in [9.17, 15) is 52.7 Å². The van der Waals surface area contributed by atoms with Gasteiger partial charge in [0.25, 0.3) is 0 Å². The van der Waals surface area contributed by atoms with Crippen LogP contribution in [0.2, 0.25) is 0 Å². The predicted octanol–water partition coefficient (Wildman–Crippen LogP) is 11.7. The molecule has 96 heavy (non-hydrogen) atoms. The van der Waals surface area contributed by atoms with Crippen molar-refractivity contribution in [2.45, 2.75) is 125 Å². The number of ether oxygens (including phenoxy) is 3. The van der Waals surface area contributed by atoms with Crippen molar-refractivity contribution >= 4 is 144 Å². The van der Waals surface area contributed by atoms with Gasteiger partial charge in [0.2, 0.25) is 0 Å². The smallest absolute Gasteiger partial charge is 0.870 e. The maximum Gasteiger partial charge on any atom is 1.00 e. The first-order valence-corrected chi connectivity index (χ1v) is 35.3. The van der Waals surface area contributed by atoms with Crippen LogP contribution in [0.15, 0.2) is 113 Å². The van der Waals surface area contributed by atoms with E-state index in [1.54, 1.807) is 27.7 Å². The molecule has 0 bridgehead atoms. The van der Waals surface area contributed by atoms with Crippen LogP contribution in [0.4, 0.5) is 0 Å². The van der Waals surface area contributed by atoms with Gasteiger partial charge in [-0.3, -0.25) is 52.7 Å². The van der Waals surface area contributed by atoms with Gasteiger partial charge in [0.1, 0.15) is 22.9 Å². The van der Waals surface area contributed by atoms with Gasteiger partial charge < -0.3 is 25.2 Å². The molecule has 8 aliphatic carbocycles. The Kier molecular flexibility index (Phi) is 26.6. The monoisotopic (exact) mass is 1620 g/mol. The van der Waals surface area contributed by atoms with E-state index in [-0.39, 0.29) is 130 Å². The van der Waals surface area contributed by atoms with Gasteiger partial charge in [0.15, 0.2) is 34.7 Å². The number of Topliss-reactive ketones (excluding diaryl/α,β-unsaturated/α-hetero) is 8. The molecule has 0 aromatic heterocycles. The Morgan fingerprint density at radius 1 is 0.500 bits per heavy atom. The number of hydrogen-bond donors (Lipinski definition) is 0. The number of hydrogen-bond acceptors (Lipinski definition) is 15. The van der Waals surface area contributed by atoms with E-state index >= 15 is 0 Å². The summed E-state index contributed by atoms with van der Waals surface area (Å²) >= 11 is 16.9. The predicted molar refractivity (Wildman–Crippen MR) is 373 cm³/mol. The van der Waals surface area contributed by atoms with E-state index in [4.69, 9.17) is 14.2 Å². The molecule has 8 aliphatic rings. The van der Waals surface area contributed by atoms with E-state index in [2.05, 4.69) is 79.6 Å². The van der Waals surface area contributed by atoms with Crippen molar-refractivity contribution in [3.63, 3.8) is 0 Å². The number of fused-ring (bicyclic) bond motifs is 5. The standard InChI is InChI=1S/C18H19BrO4.C17H17BrO4.C16H17BrO2.C14H15BrO3.C9H7BrO.Li.2H2O/c1-10-7-18(9-17(2,14(10)20)16(22)23-3)8-11-4-5-12(19)6-13(11)15(18)21;1-9-6-17(8-13(14(9)19)16(21)22-2)7-10-3-4-11(18)5-12(10)15(17)20;1-9-6-16(7-10(2)14(9)18)8-11-3-4-12(17)5-13(11)15(16)19;1-8(14(17)18-2)5-10-6-9-3-4-11(15)7-12(9)13(10)16;10-7-3-1-6-2-4-9(11)8(6)5-7;;;/h4-6,10H,7-9H2,1-3H3;3-5,9,13H,6-8H2,1-2H3;3-5,9-10H,6-8H2,1-2H3;3-4,7-8,10H,5-6H2,1-2H3;1,3,5H,2,4H2;;2*1H2/q;;;;;+1;;/p-1/t;;9-,10+,16?;;;;;. The van der Waals surface area contributed by atoms with E-state index in [0.29, 0.717) is 68.3 Å². The molecule has 16 nitrogen and oxygen atoms in total. The quantitative estimate of drug-likeness (QED) is 0.0684. The third-order valence-electron chi connectivity index (χ3n) is 20.4. The van der Waals surface area contributed by atoms with Crippen LogP contribution >= 0.6 is 79.6 Å². The molecule has 9 unspecified atom stereocenters. The van der Waals surface area contributed by atoms with Crippen molar-refractivity contribution in [2.24, 2.45) is 63.1 Å². The number of methoxy groups -OCH3 is 3. The zero-order valence-electron chi connectivity index (χ0n) is 55.4. The maximum absolute atomic E-state index is 13.1. The zero-order chi connectivity index (χ0) is 68.0. The van der Waals surface area contributed by atoms with E-state index in [1.165, 1.54) is 26.9 Å². The van der Waals surface area contributed by atoms with Crippen molar-refractivity contribution in [3.8, 4) is 0 Å². The minimum atomic E-state index is -1.25. The third kappa shape index (κ3) is 16.0. The van der Waals surface area contributed by atoms with Gasteiger partial charge in [-0.2, -0.15) is 0 Å². The molecule has 506 valence electrons. The number of halogens is 5. The summed E-state index contributed by atoms with van der Waals surface area (Å²) in [5.41, 5.74) is 6.45. The fourth-order valence-electron chi connectivity index (χ4n) is 16.1. The van der Waals surface area contributed by atoms with E-state index in [1.807, 2.05) is 105 Å². The summed E-state index contributed by atoms with van der Waals surface area (Å²) in [5, 5.41) is 0. The van der Waals surface area contributed by atoms with Gasteiger partial charge in [-0.05, 0) is 172 Å². The van der Waals surface area contributed by atoms with Gasteiger partial charge in [-0.15, -0.1) is 0 Å². The van der Waals surface area contributed by atoms with Crippen LogP contribution in [0, 0.1) is 63.1 Å². The van der Waals surface area contributed by atoms with Crippen LogP contribution in [0.25, 0.3) is 0 Å². The Bertz CT molecular complexity index is 3940. The van der Waals surface area contributed by atoms with Gasteiger partial charge in [-0.25, -0.2) is 0 Å². The molecule has 3 fully saturated rings. The summed E-state index contributed by atoms with van der Waals surface area (Å²) in [6.45, 7) is 10.9. The van der Waals surface area contributed by atoms with Crippen molar-refractivity contribution in [1.82, 2.24) is 0 Å². The SMILES string of the molecule is COC(=O)C(C)CC1Cc2ccc(Br)cc2C1=O.COC(=O)C1(C)CC2(Cc3ccc(Br)cc3C2=O)CC(C)C1=O.COC(=O)C1CC2(Cc3ccc(Br)cc3C2=O)CC(C)C1=O.C[C@@H]1CC2(Cc3ccc(Br)cc3C2=O)C[C@H](C)C1=O.O.O=C1CCc2ccc(Br)cc21.[Li+].[OH-]. The molecule has 5 aromatic carbocycles. The molecule has 3 saturated carbocycles. The molecule has 3 N–H and O–H groups in total. The average molecular weight is 1630 g/mol. The molecule has 0 heterocycles. The Balaban J connectivity index is 0.000000191. The molecular formula is C74H78Br5LiO16. The Labute approximate surface area is 613 Å². The van der Waals surface area contributed by atoms with Crippen molar-refractivity contribution < 1.29 is 96.8 Å². The summed E-state index contributed by atoms with van der Waals surface area (Å²) < 4.78 is 18.9. The molecule has 13 rings (SSSR count). The number of benzene rings is 5. The summed E-state index contributed by atoms with van der Waals surface area (Å²) in [7, 11) is 3.94. The fourth-order valence-corrected chi connectivity index (χ4v) is 17.9. The normalized spacial score (nSPS) is 27.0. The van der Waals surface area contributed by atoms with Crippen LogP contribution < -0.4 is 18.9 Å². The second-order valence-electron chi connectivity index (χ2n) is 27.1. The van der Waals surface area contributed by atoms with Gasteiger partial charge >= 0.3 is 36.8 Å². The molecule has 0 aliphatic heterocycles. The molecule has 5 aromatic rings. The average Bonchev–Trinajstić information content (AvgIpc) is 1.52. The van der Waals surface area contributed by atoms with Gasteiger partial charge in [0.05, 0.1) is 27.2 Å². The maximum atomic E-state index is 13.1. The number of esters is 3. The molecule has 11 atom stereocenters. The molecule has 3 spiro atoms. The Hall–Kier alpha value is -5.21. The number of aryl methyl sites for hydroxylation is 1. The molecule has 22 heteroatoms. The molecule has 0 saturated heterocycles.